The van der Waals surface area contributed by atoms with Crippen LogP contribution in [0.3, 0.4) is 0 Å². The molecule has 15 heavy (non-hydrogen) atoms. The van der Waals surface area contributed by atoms with Crippen molar-refractivity contribution < 1.29 is 4.43 Å². The summed E-state index contributed by atoms with van der Waals surface area (Å²) in [7, 11) is -1.48. The van der Waals surface area contributed by atoms with Gasteiger partial charge in [-0.3, -0.25) is 0 Å². The Balaban J connectivity index is 2.64. The van der Waals surface area contributed by atoms with Crippen molar-refractivity contribution in [1.29, 1.82) is 0 Å². The lowest BCUT2D eigenvalue weighted by atomic mass is 9.85. The highest BCUT2D eigenvalue weighted by Crippen LogP contribution is 2.32. The van der Waals surface area contributed by atoms with E-state index in [0.29, 0.717) is 6.10 Å². The fourth-order valence-electron chi connectivity index (χ4n) is 2.08. The van der Waals surface area contributed by atoms with Gasteiger partial charge >= 0.3 is 0 Å². The van der Waals surface area contributed by atoms with E-state index < -0.39 is 8.32 Å². The predicted octanol–water partition coefficient (Wildman–Crippen LogP) is 4.28. The minimum absolute atomic E-state index is 0.401. The van der Waals surface area contributed by atoms with Gasteiger partial charge in [-0.25, -0.2) is 0 Å². The highest BCUT2D eigenvalue weighted by atomic mass is 79.9. The van der Waals surface area contributed by atoms with E-state index in [-0.39, 0.29) is 0 Å². The molecular formula is C12H23BrOSi. The molecule has 0 spiro atoms. The van der Waals surface area contributed by atoms with E-state index in [0.717, 1.165) is 10.9 Å². The maximum atomic E-state index is 6.33. The van der Waals surface area contributed by atoms with Gasteiger partial charge in [-0.1, -0.05) is 28.9 Å². The first-order valence-electron chi connectivity index (χ1n) is 5.87. The van der Waals surface area contributed by atoms with Crippen LogP contribution in [0.5, 0.6) is 0 Å². The maximum absolute atomic E-state index is 6.33. The molecule has 0 saturated heterocycles. The third-order valence-corrected chi connectivity index (χ3v) is 8.73. The van der Waals surface area contributed by atoms with E-state index in [1.165, 1.54) is 24.8 Å². The van der Waals surface area contributed by atoms with Crippen molar-refractivity contribution >= 4 is 24.2 Å². The third-order valence-electron chi connectivity index (χ3n) is 3.11. The Kier molecular flexibility index (Phi) is 5.07. The van der Waals surface area contributed by atoms with Gasteiger partial charge in [-0.15, -0.1) is 0 Å². The highest BCUT2D eigenvalue weighted by Gasteiger charge is 2.30. The zero-order chi connectivity index (χ0) is 11.5. The van der Waals surface area contributed by atoms with Crippen LogP contribution in [0.15, 0.2) is 11.6 Å². The largest absolute Gasteiger partial charge is 0.410 e. The Hall–Kier alpha value is 0.397. The van der Waals surface area contributed by atoms with E-state index in [2.05, 4.69) is 48.9 Å². The Labute approximate surface area is 104 Å². The predicted molar refractivity (Wildman–Crippen MR) is 72.9 cm³/mol. The molecular weight excluding hydrogens is 268 g/mol. The van der Waals surface area contributed by atoms with Gasteiger partial charge in [0.1, 0.15) is 0 Å². The second-order valence-corrected chi connectivity index (χ2v) is 10.9. The summed E-state index contributed by atoms with van der Waals surface area (Å²) >= 11 is 3.57. The van der Waals surface area contributed by atoms with Crippen LogP contribution in [-0.4, -0.2) is 19.4 Å². The van der Waals surface area contributed by atoms with E-state index in [9.17, 15) is 0 Å². The molecule has 1 aliphatic carbocycles. The fourth-order valence-corrected chi connectivity index (χ4v) is 3.56. The molecule has 0 amide bonds. The normalized spacial score (nSPS) is 30.9. The van der Waals surface area contributed by atoms with Crippen molar-refractivity contribution in [2.45, 2.75) is 52.3 Å². The van der Waals surface area contributed by atoms with Crippen molar-refractivity contribution in [2.24, 2.45) is 5.92 Å². The molecule has 3 heteroatoms. The van der Waals surface area contributed by atoms with Gasteiger partial charge in [0.15, 0.2) is 8.32 Å². The van der Waals surface area contributed by atoms with Crippen LogP contribution in [0, 0.1) is 5.92 Å². The van der Waals surface area contributed by atoms with Gasteiger partial charge in [0.05, 0.1) is 6.10 Å². The molecule has 0 N–H and O–H groups in total. The molecule has 1 fully saturated rings. The Morgan fingerprint density at radius 1 is 1.53 bits per heavy atom. The Bertz CT molecular complexity index is 238. The standard InChI is InChI=1S/C12H23BrOSi/c1-5-11-7-6-10(2)8-12(11)14-15(3,4)9-13/h5,10,12H,6-9H2,1-4H3/b11-5-/t10-,12+/m1/s1. The minimum Gasteiger partial charge on any atom is -0.410 e. The molecule has 0 heterocycles. The fraction of sp³-hybridized carbons (Fsp3) is 0.833. The molecule has 0 aliphatic heterocycles. The van der Waals surface area contributed by atoms with Crippen LogP contribution in [0.25, 0.3) is 0 Å². The zero-order valence-electron chi connectivity index (χ0n) is 10.3. The summed E-state index contributed by atoms with van der Waals surface area (Å²) in [5.74, 6) is 0.818. The summed E-state index contributed by atoms with van der Waals surface area (Å²) < 4.78 is 6.33. The van der Waals surface area contributed by atoms with Crippen LogP contribution in [0.2, 0.25) is 13.1 Å². The lowest BCUT2D eigenvalue weighted by Gasteiger charge is -2.35. The molecule has 0 aromatic heterocycles. The summed E-state index contributed by atoms with van der Waals surface area (Å²) in [6.07, 6.45) is 6.43. The highest BCUT2D eigenvalue weighted by molar-refractivity contribution is 9.09. The van der Waals surface area contributed by atoms with Gasteiger partial charge in [0.2, 0.25) is 0 Å². The van der Waals surface area contributed by atoms with Crippen LogP contribution in [0.4, 0.5) is 0 Å². The average molecular weight is 291 g/mol. The molecule has 1 saturated carbocycles. The van der Waals surface area contributed by atoms with E-state index in [4.69, 9.17) is 4.43 Å². The first-order chi connectivity index (χ1) is 6.98. The van der Waals surface area contributed by atoms with Gasteiger partial charge < -0.3 is 4.43 Å². The van der Waals surface area contributed by atoms with E-state index >= 15 is 0 Å². The zero-order valence-corrected chi connectivity index (χ0v) is 12.9. The minimum atomic E-state index is -1.48. The second-order valence-electron chi connectivity index (χ2n) is 5.24. The smallest absolute Gasteiger partial charge is 0.197 e. The van der Waals surface area contributed by atoms with Crippen molar-refractivity contribution in [3.63, 3.8) is 0 Å². The van der Waals surface area contributed by atoms with Gasteiger partial charge in [-0.05, 0) is 50.8 Å². The van der Waals surface area contributed by atoms with Crippen molar-refractivity contribution in [1.82, 2.24) is 0 Å². The van der Waals surface area contributed by atoms with Gasteiger partial charge in [0.25, 0.3) is 0 Å². The molecule has 0 unspecified atom stereocenters. The van der Waals surface area contributed by atoms with Crippen LogP contribution < -0.4 is 0 Å². The molecule has 1 rings (SSSR count). The van der Waals surface area contributed by atoms with Crippen molar-refractivity contribution in [2.75, 3.05) is 4.95 Å². The summed E-state index contributed by atoms with van der Waals surface area (Å²) in [6.45, 7) is 9.05. The number of allylic oxidation sites excluding steroid dienone is 1. The molecule has 0 bridgehead atoms. The molecule has 0 radical (unpaired) electrons. The van der Waals surface area contributed by atoms with Crippen molar-refractivity contribution in [3.8, 4) is 0 Å². The SMILES string of the molecule is C/C=C1/CC[C@@H](C)C[C@@H]1O[Si](C)(C)CBr. The molecule has 2 atom stereocenters. The average Bonchev–Trinajstić information content (AvgIpc) is 2.18. The van der Waals surface area contributed by atoms with Gasteiger partial charge in [0, 0.05) is 4.95 Å². The summed E-state index contributed by atoms with van der Waals surface area (Å²) in [6, 6.07) is 0. The van der Waals surface area contributed by atoms with Crippen LogP contribution in [-0.2, 0) is 4.43 Å². The van der Waals surface area contributed by atoms with Crippen LogP contribution >= 0.6 is 15.9 Å². The van der Waals surface area contributed by atoms with Crippen LogP contribution in [0.1, 0.15) is 33.1 Å². The molecule has 0 aromatic rings. The summed E-state index contributed by atoms with van der Waals surface area (Å²) in [5, 5.41) is 0. The molecule has 0 aromatic carbocycles. The van der Waals surface area contributed by atoms with E-state index in [1.54, 1.807) is 0 Å². The number of alkyl halides is 1. The lowest BCUT2D eigenvalue weighted by Crippen LogP contribution is -2.40. The van der Waals surface area contributed by atoms with Gasteiger partial charge in [-0.2, -0.15) is 0 Å². The Morgan fingerprint density at radius 2 is 2.20 bits per heavy atom. The molecule has 1 nitrogen and oxygen atoms in total. The second kappa shape index (κ2) is 5.64. The monoisotopic (exact) mass is 290 g/mol. The third kappa shape index (κ3) is 4.04. The van der Waals surface area contributed by atoms with E-state index in [1.807, 2.05) is 0 Å². The Morgan fingerprint density at radius 3 is 2.73 bits per heavy atom. The first-order valence-corrected chi connectivity index (χ1v) is 10.1. The lowest BCUT2D eigenvalue weighted by molar-refractivity contribution is 0.170. The number of hydrogen-bond donors (Lipinski definition) is 0. The van der Waals surface area contributed by atoms with Crippen molar-refractivity contribution in [3.05, 3.63) is 11.6 Å². The number of halogens is 1. The summed E-state index contributed by atoms with van der Waals surface area (Å²) in [4.78, 5) is 1.03. The number of rotatable bonds is 3. The molecule has 88 valence electrons. The number of hydrogen-bond acceptors (Lipinski definition) is 1. The quantitative estimate of drug-likeness (QED) is 0.428. The molecule has 1 aliphatic rings. The topological polar surface area (TPSA) is 9.23 Å². The first kappa shape index (κ1) is 13.5. The maximum Gasteiger partial charge on any atom is 0.197 e. The summed E-state index contributed by atoms with van der Waals surface area (Å²) in [5.41, 5.74) is 1.52.